The molecule has 4 heteroatoms. The van der Waals surface area contributed by atoms with Crippen LogP contribution in [-0.2, 0) is 0 Å². The van der Waals surface area contributed by atoms with Gasteiger partial charge in [-0.05, 0) is 0 Å². The molecular weight excluding hydrogens is 467 g/mol. The molecular formula is C6H13I3N-. The number of hydrogen-bond donors (Lipinski definition) is 1. The summed E-state index contributed by atoms with van der Waals surface area (Å²) in [5.74, 6) is 0. The number of nitrogens with one attached hydrogen (secondary N) is 1. The van der Waals surface area contributed by atoms with Crippen molar-refractivity contribution in [2.45, 2.75) is 6.42 Å². The average Bonchev–Trinajstić information content (AvgIpc) is 1.97. The molecule has 0 aromatic carbocycles. The van der Waals surface area contributed by atoms with E-state index in [2.05, 4.69) is 28.4 Å². The van der Waals surface area contributed by atoms with E-state index in [-0.39, 0.29) is 0 Å². The first-order chi connectivity index (χ1) is 4.91. The van der Waals surface area contributed by atoms with Crippen molar-refractivity contribution >= 4 is 43.9 Å². The third-order valence-corrected chi connectivity index (χ3v) is 6.17. The van der Waals surface area contributed by atoms with E-state index < -0.39 is 0 Å². The van der Waals surface area contributed by atoms with E-state index in [9.17, 15) is 0 Å². The normalized spacial score (nSPS) is 10.5. The third-order valence-electron chi connectivity index (χ3n) is 0.964. The van der Waals surface area contributed by atoms with Gasteiger partial charge in [-0.2, -0.15) is 0 Å². The van der Waals surface area contributed by atoms with E-state index in [1.807, 2.05) is 0 Å². The van der Waals surface area contributed by atoms with Crippen LogP contribution in [0, 0.1) is 0 Å². The minimum atomic E-state index is 0.297. The molecule has 0 aliphatic heterocycles. The molecule has 0 radical (unpaired) electrons. The molecule has 0 aliphatic rings. The van der Waals surface area contributed by atoms with E-state index in [4.69, 9.17) is 0 Å². The number of halogens is 3. The number of alkyl halides is 2. The van der Waals surface area contributed by atoms with Gasteiger partial charge >= 0.3 is 94.8 Å². The van der Waals surface area contributed by atoms with Gasteiger partial charge in [-0.3, -0.25) is 0 Å². The Morgan fingerprint density at radius 2 is 2.30 bits per heavy atom. The van der Waals surface area contributed by atoms with Crippen molar-refractivity contribution in [3.8, 4) is 0 Å². The Balaban J connectivity index is 2.70. The van der Waals surface area contributed by atoms with Crippen LogP contribution in [0.5, 0.6) is 0 Å². The zero-order valence-corrected chi connectivity index (χ0v) is 12.3. The monoisotopic (exact) mass is 480 g/mol. The molecule has 0 spiro atoms. The maximum absolute atomic E-state index is 3.91. The van der Waals surface area contributed by atoms with Gasteiger partial charge in [0.1, 0.15) is 0 Å². The first-order valence-corrected chi connectivity index (χ1v) is 14.0. The summed E-state index contributed by atoms with van der Waals surface area (Å²) in [5.41, 5.74) is 0. The van der Waals surface area contributed by atoms with Crippen molar-refractivity contribution in [1.82, 2.24) is 5.32 Å². The Kier molecular flexibility index (Phi) is 13.2. The Bertz CT molecular complexity index is 77.4. The van der Waals surface area contributed by atoms with E-state index in [1.54, 1.807) is 0 Å². The molecule has 0 saturated heterocycles. The standard InChI is InChI=1S/C6H13I3N/c1-8-3-2-5-10-6-4-9-7/h10H,1-6H2/q-1. The molecule has 0 aliphatic carbocycles. The second-order valence-electron chi connectivity index (χ2n) is 1.77. The van der Waals surface area contributed by atoms with Crippen molar-refractivity contribution in [2.75, 3.05) is 21.9 Å². The molecule has 0 fully saturated rings. The quantitative estimate of drug-likeness (QED) is 0.275. The Labute approximate surface area is 93.3 Å². The molecule has 0 bridgehead atoms. The predicted octanol–water partition coefficient (Wildman–Crippen LogP) is -1.19. The summed E-state index contributed by atoms with van der Waals surface area (Å²) in [6.45, 7) is 2.46. The SMILES string of the molecule is C=ICCCNCC[I-]I. The van der Waals surface area contributed by atoms with Gasteiger partial charge in [-0.1, -0.05) is 0 Å². The zero-order valence-electron chi connectivity index (χ0n) is 5.88. The number of rotatable bonds is 7. The van der Waals surface area contributed by atoms with Crippen LogP contribution in [-0.4, -0.2) is 26.5 Å². The Morgan fingerprint density at radius 1 is 1.50 bits per heavy atom. The zero-order chi connectivity index (χ0) is 7.66. The van der Waals surface area contributed by atoms with E-state index in [1.165, 1.54) is 28.4 Å². The fraction of sp³-hybridized carbons (Fsp3) is 0.833. The first-order valence-electron chi connectivity index (χ1n) is 3.15. The van der Waals surface area contributed by atoms with Crippen LogP contribution in [0.25, 0.3) is 0 Å². The predicted molar refractivity (Wildman–Crippen MR) is 62.4 cm³/mol. The van der Waals surface area contributed by atoms with Gasteiger partial charge in [-0.15, -0.1) is 0 Å². The fourth-order valence-electron chi connectivity index (χ4n) is 0.514. The topological polar surface area (TPSA) is 12.0 Å². The van der Waals surface area contributed by atoms with E-state index in [0.29, 0.717) is 38.0 Å². The molecule has 0 unspecified atom stereocenters. The Morgan fingerprint density at radius 3 is 2.90 bits per heavy atom. The van der Waals surface area contributed by atoms with Crippen LogP contribution in [0.15, 0.2) is 0 Å². The number of hydrogen-bond acceptors (Lipinski definition) is 1. The van der Waals surface area contributed by atoms with Crippen molar-refractivity contribution < 1.29 is 17.2 Å². The van der Waals surface area contributed by atoms with Crippen LogP contribution in [0.2, 0.25) is 0 Å². The van der Waals surface area contributed by atoms with Crippen LogP contribution in [0.4, 0.5) is 0 Å². The summed E-state index contributed by atoms with van der Waals surface area (Å²) >= 11 is 3.30. The summed E-state index contributed by atoms with van der Waals surface area (Å²) in [6.07, 6.45) is 1.34. The molecule has 10 heavy (non-hydrogen) atoms. The minimum absolute atomic E-state index is 0.297. The molecule has 0 heterocycles. The summed E-state index contributed by atoms with van der Waals surface area (Å²) in [5, 5.41) is 3.43. The molecule has 1 nitrogen and oxygen atoms in total. The fourth-order valence-corrected chi connectivity index (χ4v) is 3.39. The third kappa shape index (κ3) is 10.0. The van der Waals surface area contributed by atoms with Crippen molar-refractivity contribution in [1.29, 1.82) is 0 Å². The molecule has 0 saturated carbocycles. The van der Waals surface area contributed by atoms with Gasteiger partial charge in [-0.25, -0.2) is 0 Å². The summed E-state index contributed by atoms with van der Waals surface area (Å²) < 4.78 is 6.70. The summed E-state index contributed by atoms with van der Waals surface area (Å²) in [7, 11) is 0. The molecule has 1 N–H and O–H groups in total. The molecule has 0 amide bonds. The van der Waals surface area contributed by atoms with Gasteiger partial charge in [0.15, 0.2) is 0 Å². The van der Waals surface area contributed by atoms with Crippen molar-refractivity contribution in [3.63, 3.8) is 0 Å². The van der Waals surface area contributed by atoms with Gasteiger partial charge in [0.05, 0.1) is 0 Å². The molecule has 0 atom stereocenters. The molecule has 0 rings (SSSR count). The van der Waals surface area contributed by atoms with Crippen molar-refractivity contribution in [3.05, 3.63) is 0 Å². The van der Waals surface area contributed by atoms with Gasteiger partial charge in [0.2, 0.25) is 0 Å². The van der Waals surface area contributed by atoms with E-state index >= 15 is 0 Å². The van der Waals surface area contributed by atoms with Crippen LogP contribution in [0.1, 0.15) is 6.42 Å². The Hall–Kier alpha value is 2.02. The maximum atomic E-state index is 3.91. The second kappa shape index (κ2) is 11.0. The van der Waals surface area contributed by atoms with Gasteiger partial charge < -0.3 is 0 Å². The van der Waals surface area contributed by atoms with Crippen molar-refractivity contribution in [2.24, 2.45) is 0 Å². The van der Waals surface area contributed by atoms with Gasteiger partial charge in [0, 0.05) is 0 Å². The molecule has 64 valence electrons. The van der Waals surface area contributed by atoms with Crippen LogP contribution in [0.3, 0.4) is 0 Å². The first kappa shape index (κ1) is 12.0. The second-order valence-corrected chi connectivity index (χ2v) is 9.45. The van der Waals surface area contributed by atoms with E-state index in [0.717, 1.165) is 0 Å². The average molecular weight is 480 g/mol. The summed E-state index contributed by atoms with van der Waals surface area (Å²) in [6, 6.07) is 0. The molecule has 0 aromatic rings. The van der Waals surface area contributed by atoms with Crippen LogP contribution < -0.4 is 22.5 Å². The van der Waals surface area contributed by atoms with Crippen LogP contribution >= 0.6 is 39.3 Å². The molecule has 0 aromatic heterocycles. The van der Waals surface area contributed by atoms with Gasteiger partial charge in [0.25, 0.3) is 0 Å². The summed E-state index contributed by atoms with van der Waals surface area (Å²) in [4.78, 5) is 0.